The van der Waals surface area contributed by atoms with Gasteiger partial charge in [0.1, 0.15) is 5.54 Å². The SMILES string of the molecule is CN(C)C(=O)COC(=O)C(C)(C)N1CCC(N2CCN(C(=O)[C@@H](Cc3cc(Cl)c(N)c(C(F)(F)F)c3)OC(=O)N3CCC(N4CCc5ccccc5NC4=O)CC3)CC2)CC1. The van der Waals surface area contributed by atoms with Crippen molar-refractivity contribution in [2.75, 3.05) is 90.7 Å². The van der Waals surface area contributed by atoms with Crippen molar-refractivity contribution in [3.05, 3.63) is 58.1 Å². The Morgan fingerprint density at radius 2 is 1.54 bits per heavy atom. The smallest absolute Gasteiger partial charge is 0.418 e. The van der Waals surface area contributed by atoms with E-state index in [-0.39, 0.29) is 60.7 Å². The summed E-state index contributed by atoms with van der Waals surface area (Å²) in [5.41, 5.74) is 4.82. The van der Waals surface area contributed by atoms with Gasteiger partial charge in [0, 0.05) is 97.2 Å². The highest BCUT2D eigenvalue weighted by Gasteiger charge is 2.41. The van der Waals surface area contributed by atoms with Gasteiger partial charge in [-0.05, 0) is 75.3 Å². The molecule has 2 aromatic rings. The fourth-order valence-electron chi connectivity index (χ4n) is 8.58. The van der Waals surface area contributed by atoms with Crippen LogP contribution < -0.4 is 11.1 Å². The molecule has 4 aliphatic rings. The molecule has 0 spiro atoms. The molecule has 6 rings (SSSR count). The Hall–Kier alpha value is -4.81. The van der Waals surface area contributed by atoms with Crippen LogP contribution in [0, 0.1) is 0 Å². The van der Waals surface area contributed by atoms with E-state index in [4.69, 9.17) is 26.8 Å². The molecule has 334 valence electrons. The third-order valence-electron chi connectivity index (χ3n) is 12.5. The number of anilines is 2. The van der Waals surface area contributed by atoms with Gasteiger partial charge in [-0.25, -0.2) is 9.59 Å². The summed E-state index contributed by atoms with van der Waals surface area (Å²) in [7, 11) is 3.18. The van der Waals surface area contributed by atoms with Crippen LogP contribution in [0.15, 0.2) is 36.4 Å². The number of hydrogen-bond donors (Lipinski definition) is 2. The van der Waals surface area contributed by atoms with Crippen molar-refractivity contribution in [2.24, 2.45) is 0 Å². The number of nitrogens with zero attached hydrogens (tertiary/aromatic N) is 6. The first-order chi connectivity index (χ1) is 28.8. The average Bonchev–Trinajstić information content (AvgIpc) is 3.40. The molecule has 0 unspecified atom stereocenters. The van der Waals surface area contributed by atoms with Gasteiger partial charge in [-0.2, -0.15) is 13.2 Å². The molecule has 3 fully saturated rings. The van der Waals surface area contributed by atoms with E-state index in [1.54, 1.807) is 37.7 Å². The van der Waals surface area contributed by atoms with Gasteiger partial charge in [-0.15, -0.1) is 0 Å². The van der Waals surface area contributed by atoms with E-state index in [0.29, 0.717) is 65.1 Å². The van der Waals surface area contributed by atoms with Gasteiger partial charge in [0.25, 0.3) is 11.8 Å². The fourth-order valence-corrected chi connectivity index (χ4v) is 8.82. The molecule has 3 N–H and O–H groups in total. The number of rotatable bonds is 10. The number of nitrogens with one attached hydrogen (secondary N) is 1. The zero-order chi connectivity index (χ0) is 44.2. The number of fused-ring (bicyclic) bond motifs is 1. The Morgan fingerprint density at radius 1 is 0.902 bits per heavy atom. The molecular weight excluding hydrogens is 821 g/mol. The van der Waals surface area contributed by atoms with Gasteiger partial charge in [0.15, 0.2) is 12.7 Å². The van der Waals surface area contributed by atoms with E-state index in [9.17, 15) is 37.1 Å². The number of amides is 5. The first-order valence-corrected chi connectivity index (χ1v) is 21.1. The van der Waals surface area contributed by atoms with Gasteiger partial charge in [0.05, 0.1) is 16.3 Å². The first kappa shape index (κ1) is 45.7. The number of likely N-dealkylation sites (N-methyl/N-ethyl adjacent to an activating group) is 1. The van der Waals surface area contributed by atoms with Crippen molar-refractivity contribution in [3.63, 3.8) is 0 Å². The maximum absolute atomic E-state index is 14.2. The Labute approximate surface area is 359 Å². The Bertz CT molecular complexity index is 1950. The predicted molar refractivity (Wildman–Crippen MR) is 222 cm³/mol. The van der Waals surface area contributed by atoms with Crippen molar-refractivity contribution in [2.45, 2.75) is 82.3 Å². The topological polar surface area (TPSA) is 161 Å². The van der Waals surface area contributed by atoms with Crippen LogP contribution in [0.3, 0.4) is 0 Å². The lowest BCUT2D eigenvalue weighted by Crippen LogP contribution is -2.59. The molecule has 2 aromatic carbocycles. The number of benzene rings is 2. The monoisotopic (exact) mass is 876 g/mol. The second kappa shape index (κ2) is 19.1. The number of nitrogens with two attached hydrogens (primary N) is 1. The molecule has 0 bridgehead atoms. The summed E-state index contributed by atoms with van der Waals surface area (Å²) < 4.78 is 53.0. The first-order valence-electron chi connectivity index (χ1n) is 20.7. The second-order valence-corrected chi connectivity index (χ2v) is 17.3. The summed E-state index contributed by atoms with van der Waals surface area (Å²) in [5, 5.41) is 2.65. The van der Waals surface area contributed by atoms with E-state index in [0.717, 1.165) is 30.2 Å². The summed E-state index contributed by atoms with van der Waals surface area (Å²) in [6.45, 7) is 7.12. The van der Waals surface area contributed by atoms with Crippen molar-refractivity contribution in [1.82, 2.24) is 29.4 Å². The van der Waals surface area contributed by atoms with E-state index < -0.39 is 47.0 Å². The third-order valence-corrected chi connectivity index (χ3v) is 12.8. The summed E-state index contributed by atoms with van der Waals surface area (Å²) in [6, 6.07) is 9.56. The molecule has 1 atom stereocenters. The molecule has 61 heavy (non-hydrogen) atoms. The molecule has 19 heteroatoms. The van der Waals surface area contributed by atoms with Crippen molar-refractivity contribution < 1.29 is 46.6 Å². The summed E-state index contributed by atoms with van der Waals surface area (Å²) >= 11 is 6.15. The molecule has 0 aliphatic carbocycles. The summed E-state index contributed by atoms with van der Waals surface area (Å²) in [4.78, 5) is 76.5. The van der Waals surface area contributed by atoms with Crippen molar-refractivity contribution >= 4 is 52.9 Å². The van der Waals surface area contributed by atoms with Crippen LogP contribution >= 0.6 is 11.6 Å². The number of likely N-dealkylation sites (tertiary alicyclic amines) is 2. The van der Waals surface area contributed by atoms with E-state index in [1.165, 1.54) is 15.9 Å². The number of esters is 1. The Morgan fingerprint density at radius 3 is 2.18 bits per heavy atom. The lowest BCUT2D eigenvalue weighted by Gasteiger charge is -2.46. The fraction of sp³-hybridized carbons (Fsp3) is 0.595. The van der Waals surface area contributed by atoms with Gasteiger partial charge in [0.2, 0.25) is 0 Å². The summed E-state index contributed by atoms with van der Waals surface area (Å²) in [6.07, 6.45) is -4.26. The molecular formula is C42H56ClF3N8O7. The minimum Gasteiger partial charge on any atom is -0.454 e. The molecule has 0 aromatic heterocycles. The molecule has 4 heterocycles. The highest BCUT2D eigenvalue weighted by atomic mass is 35.5. The minimum absolute atomic E-state index is 0.0334. The quantitative estimate of drug-likeness (QED) is 0.256. The minimum atomic E-state index is -4.81. The largest absolute Gasteiger partial charge is 0.454 e. The molecule has 0 saturated carbocycles. The second-order valence-electron chi connectivity index (χ2n) is 16.9. The number of nitrogen functional groups attached to an aromatic ring is 1. The van der Waals surface area contributed by atoms with E-state index in [2.05, 4.69) is 10.2 Å². The molecule has 4 aliphatic heterocycles. The maximum atomic E-state index is 14.2. The van der Waals surface area contributed by atoms with Crippen LogP contribution in [-0.4, -0.2) is 163 Å². The van der Waals surface area contributed by atoms with Crippen LogP contribution in [0.2, 0.25) is 5.02 Å². The van der Waals surface area contributed by atoms with Gasteiger partial charge < -0.3 is 40.1 Å². The number of alkyl halides is 3. The third kappa shape index (κ3) is 10.8. The molecule has 0 radical (unpaired) electrons. The molecule has 5 amide bonds. The summed E-state index contributed by atoms with van der Waals surface area (Å²) in [5.74, 6) is -1.32. The zero-order valence-electron chi connectivity index (χ0n) is 35.1. The van der Waals surface area contributed by atoms with Crippen LogP contribution in [0.4, 0.5) is 34.1 Å². The van der Waals surface area contributed by atoms with Gasteiger partial charge in [-0.3, -0.25) is 24.2 Å². The van der Waals surface area contributed by atoms with Gasteiger partial charge in [-0.1, -0.05) is 29.8 Å². The van der Waals surface area contributed by atoms with Crippen molar-refractivity contribution in [3.8, 4) is 0 Å². The number of piperidine rings is 2. The lowest BCUT2D eigenvalue weighted by molar-refractivity contribution is -0.162. The maximum Gasteiger partial charge on any atom is 0.418 e. The number of carbonyl (C=O) groups excluding carboxylic acids is 5. The van der Waals surface area contributed by atoms with E-state index >= 15 is 0 Å². The average molecular weight is 877 g/mol. The number of halogens is 4. The van der Waals surface area contributed by atoms with Crippen LogP contribution in [-0.2, 0) is 42.9 Å². The predicted octanol–water partition coefficient (Wildman–Crippen LogP) is 4.56. The standard InChI is InChI=1S/C42H56ClF3N8O7/c1-41(2,38(57)60-26-35(55)49(3)4)53-16-12-29(13-17-53)50-19-21-51(22-20-50)37(56)34(25-27-23-31(42(44,45)46)36(47)32(43)24-27)61-40(59)52-14-10-30(11-15-52)54-18-9-28-7-5-6-8-33(28)48-39(54)58/h5-8,23-24,29-30,34H,9-22,25-26,47H2,1-4H3,(H,48,58)/t34-/m1/s1. The van der Waals surface area contributed by atoms with Crippen LogP contribution in [0.5, 0.6) is 0 Å². The number of carbonyl (C=O) groups is 5. The normalized spacial score (nSPS) is 19.4. The lowest BCUT2D eigenvalue weighted by atomic mass is 9.95. The number of hydrogen-bond acceptors (Lipinski definition) is 10. The number of urea groups is 1. The number of ether oxygens (including phenoxy) is 2. The number of piperazine rings is 1. The van der Waals surface area contributed by atoms with Crippen molar-refractivity contribution in [1.29, 1.82) is 0 Å². The number of para-hydroxylation sites is 1. The highest BCUT2D eigenvalue weighted by molar-refractivity contribution is 6.33. The molecule has 3 saturated heterocycles. The molecule has 15 nitrogen and oxygen atoms in total. The highest BCUT2D eigenvalue weighted by Crippen LogP contribution is 2.38. The van der Waals surface area contributed by atoms with Crippen LogP contribution in [0.1, 0.15) is 56.2 Å². The van der Waals surface area contributed by atoms with Crippen LogP contribution in [0.25, 0.3) is 0 Å². The Kier molecular flexibility index (Phi) is 14.3. The Balaban J connectivity index is 1.07. The van der Waals surface area contributed by atoms with Gasteiger partial charge >= 0.3 is 24.3 Å². The zero-order valence-corrected chi connectivity index (χ0v) is 35.9. The van der Waals surface area contributed by atoms with E-state index in [1.807, 2.05) is 29.2 Å².